The van der Waals surface area contributed by atoms with Crippen molar-refractivity contribution in [3.63, 3.8) is 0 Å². The van der Waals surface area contributed by atoms with Crippen LogP contribution in [0.5, 0.6) is 5.75 Å². The molecule has 0 aliphatic rings. The van der Waals surface area contributed by atoms with Crippen molar-refractivity contribution in [2.45, 2.75) is 13.0 Å². The Morgan fingerprint density at radius 1 is 1.41 bits per heavy atom. The molecule has 0 spiro atoms. The molecule has 6 nitrogen and oxygen atoms in total. The SMILES string of the molecule is COc1cn(C)nc1[C@H](C)Nc1cnccn1. The average molecular weight is 233 g/mol. The molecule has 90 valence electrons. The van der Waals surface area contributed by atoms with Crippen LogP contribution in [-0.4, -0.2) is 26.9 Å². The molecule has 17 heavy (non-hydrogen) atoms. The van der Waals surface area contributed by atoms with Crippen molar-refractivity contribution in [2.75, 3.05) is 12.4 Å². The Hall–Kier alpha value is -2.11. The molecule has 2 aromatic heterocycles. The van der Waals surface area contributed by atoms with Crippen molar-refractivity contribution in [1.82, 2.24) is 19.7 Å². The van der Waals surface area contributed by atoms with E-state index in [2.05, 4.69) is 20.4 Å². The topological polar surface area (TPSA) is 64.9 Å². The molecular weight excluding hydrogens is 218 g/mol. The predicted octanol–water partition coefficient (Wildman–Crippen LogP) is 1.39. The maximum Gasteiger partial charge on any atom is 0.162 e. The second kappa shape index (κ2) is 4.82. The van der Waals surface area contributed by atoms with Crippen LogP contribution >= 0.6 is 0 Å². The fourth-order valence-electron chi connectivity index (χ4n) is 1.60. The van der Waals surface area contributed by atoms with Crippen molar-refractivity contribution in [2.24, 2.45) is 7.05 Å². The van der Waals surface area contributed by atoms with E-state index in [1.165, 1.54) is 0 Å². The Labute approximate surface area is 99.7 Å². The molecule has 1 atom stereocenters. The van der Waals surface area contributed by atoms with E-state index in [1.54, 1.807) is 30.4 Å². The lowest BCUT2D eigenvalue weighted by Gasteiger charge is -2.12. The molecule has 0 fully saturated rings. The molecule has 2 heterocycles. The van der Waals surface area contributed by atoms with Crippen LogP contribution in [0.3, 0.4) is 0 Å². The normalized spacial score (nSPS) is 12.2. The summed E-state index contributed by atoms with van der Waals surface area (Å²) in [6.07, 6.45) is 6.79. The van der Waals surface area contributed by atoms with Crippen LogP contribution in [-0.2, 0) is 7.05 Å². The van der Waals surface area contributed by atoms with Crippen molar-refractivity contribution in [3.8, 4) is 5.75 Å². The number of nitrogens with zero attached hydrogens (tertiary/aromatic N) is 4. The Morgan fingerprint density at radius 3 is 2.88 bits per heavy atom. The van der Waals surface area contributed by atoms with E-state index in [0.29, 0.717) is 5.82 Å². The molecular formula is C11H15N5O. The van der Waals surface area contributed by atoms with Gasteiger partial charge < -0.3 is 10.1 Å². The highest BCUT2D eigenvalue weighted by molar-refractivity contribution is 5.37. The first-order valence-corrected chi connectivity index (χ1v) is 5.30. The fourth-order valence-corrected chi connectivity index (χ4v) is 1.60. The van der Waals surface area contributed by atoms with Gasteiger partial charge in [0.1, 0.15) is 11.5 Å². The van der Waals surface area contributed by atoms with Gasteiger partial charge in [0, 0.05) is 19.4 Å². The zero-order valence-corrected chi connectivity index (χ0v) is 10.1. The zero-order chi connectivity index (χ0) is 12.3. The van der Waals surface area contributed by atoms with Crippen LogP contribution < -0.4 is 10.1 Å². The third-order valence-corrected chi connectivity index (χ3v) is 2.38. The van der Waals surface area contributed by atoms with E-state index in [4.69, 9.17) is 4.74 Å². The fraction of sp³-hybridized carbons (Fsp3) is 0.364. The standard InChI is InChI=1S/C11H15N5O/c1-8(14-10-6-12-4-5-13-10)11-9(17-3)7-16(2)15-11/h4-8H,1-3H3,(H,13,14)/t8-/m0/s1. The van der Waals surface area contributed by atoms with E-state index in [1.807, 2.05) is 20.2 Å². The second-order valence-electron chi connectivity index (χ2n) is 3.71. The molecule has 0 aromatic carbocycles. The average Bonchev–Trinajstić information content (AvgIpc) is 2.72. The second-order valence-corrected chi connectivity index (χ2v) is 3.71. The molecule has 0 saturated heterocycles. The van der Waals surface area contributed by atoms with Gasteiger partial charge in [-0.2, -0.15) is 5.10 Å². The minimum Gasteiger partial charge on any atom is -0.493 e. The van der Waals surface area contributed by atoms with E-state index < -0.39 is 0 Å². The Balaban J connectivity index is 2.17. The lowest BCUT2D eigenvalue weighted by atomic mass is 10.2. The molecule has 0 aliphatic carbocycles. The Kier molecular flexibility index (Phi) is 3.22. The van der Waals surface area contributed by atoms with Gasteiger partial charge in [0.2, 0.25) is 0 Å². The van der Waals surface area contributed by atoms with Crippen LogP contribution in [0.4, 0.5) is 5.82 Å². The summed E-state index contributed by atoms with van der Waals surface area (Å²) in [6, 6.07) is 0.00264. The lowest BCUT2D eigenvalue weighted by molar-refractivity contribution is 0.407. The third kappa shape index (κ3) is 2.52. The zero-order valence-electron chi connectivity index (χ0n) is 10.1. The predicted molar refractivity (Wildman–Crippen MR) is 63.8 cm³/mol. The highest BCUT2D eigenvalue weighted by Crippen LogP contribution is 2.24. The van der Waals surface area contributed by atoms with Gasteiger partial charge in [-0.3, -0.25) is 9.67 Å². The highest BCUT2D eigenvalue weighted by Gasteiger charge is 2.15. The summed E-state index contributed by atoms with van der Waals surface area (Å²) in [5.41, 5.74) is 0.848. The van der Waals surface area contributed by atoms with Crippen molar-refractivity contribution < 1.29 is 4.74 Å². The van der Waals surface area contributed by atoms with Gasteiger partial charge in [0.05, 0.1) is 25.5 Å². The van der Waals surface area contributed by atoms with Gasteiger partial charge in [0.15, 0.2) is 5.75 Å². The monoisotopic (exact) mass is 233 g/mol. The van der Waals surface area contributed by atoms with E-state index in [9.17, 15) is 0 Å². The summed E-state index contributed by atoms with van der Waals surface area (Å²) in [5, 5.41) is 7.58. The molecule has 0 unspecified atom stereocenters. The summed E-state index contributed by atoms with van der Waals surface area (Å²) >= 11 is 0. The maximum atomic E-state index is 5.27. The first kappa shape index (κ1) is 11.4. The van der Waals surface area contributed by atoms with Crippen molar-refractivity contribution in [1.29, 1.82) is 0 Å². The Morgan fingerprint density at radius 2 is 2.24 bits per heavy atom. The number of aryl methyl sites for hydroxylation is 1. The Bertz CT molecular complexity index is 482. The van der Waals surface area contributed by atoms with Crippen LogP contribution in [0.25, 0.3) is 0 Å². The van der Waals surface area contributed by atoms with Gasteiger partial charge in [-0.05, 0) is 6.92 Å². The number of hydrogen-bond donors (Lipinski definition) is 1. The van der Waals surface area contributed by atoms with Gasteiger partial charge in [-0.15, -0.1) is 0 Å². The van der Waals surface area contributed by atoms with E-state index >= 15 is 0 Å². The van der Waals surface area contributed by atoms with E-state index in [0.717, 1.165) is 11.4 Å². The molecule has 2 aromatic rings. The van der Waals surface area contributed by atoms with Gasteiger partial charge >= 0.3 is 0 Å². The molecule has 0 aliphatic heterocycles. The van der Waals surface area contributed by atoms with Gasteiger partial charge in [0.25, 0.3) is 0 Å². The molecule has 6 heteroatoms. The summed E-state index contributed by atoms with van der Waals surface area (Å²) in [5.74, 6) is 1.48. The highest BCUT2D eigenvalue weighted by atomic mass is 16.5. The van der Waals surface area contributed by atoms with Crippen LogP contribution in [0.1, 0.15) is 18.7 Å². The number of aromatic nitrogens is 4. The summed E-state index contributed by atoms with van der Waals surface area (Å²) < 4.78 is 6.99. The van der Waals surface area contributed by atoms with Gasteiger partial charge in [-0.1, -0.05) is 0 Å². The number of nitrogens with one attached hydrogen (secondary N) is 1. The van der Waals surface area contributed by atoms with Crippen LogP contribution in [0.15, 0.2) is 24.8 Å². The summed E-state index contributed by atoms with van der Waals surface area (Å²) in [7, 11) is 3.50. The van der Waals surface area contributed by atoms with E-state index in [-0.39, 0.29) is 6.04 Å². The molecule has 2 rings (SSSR count). The van der Waals surface area contributed by atoms with Crippen LogP contribution in [0, 0.1) is 0 Å². The minimum atomic E-state index is 0.00264. The summed E-state index contributed by atoms with van der Waals surface area (Å²) in [4.78, 5) is 8.15. The quantitative estimate of drug-likeness (QED) is 0.864. The molecule has 0 radical (unpaired) electrons. The first-order valence-electron chi connectivity index (χ1n) is 5.30. The minimum absolute atomic E-state index is 0.00264. The summed E-state index contributed by atoms with van der Waals surface area (Å²) in [6.45, 7) is 2.00. The van der Waals surface area contributed by atoms with Crippen molar-refractivity contribution >= 4 is 5.82 Å². The van der Waals surface area contributed by atoms with Crippen molar-refractivity contribution in [3.05, 3.63) is 30.5 Å². The largest absolute Gasteiger partial charge is 0.493 e. The molecule has 0 amide bonds. The number of ether oxygens (including phenoxy) is 1. The number of anilines is 1. The number of rotatable bonds is 4. The number of methoxy groups -OCH3 is 1. The molecule has 0 saturated carbocycles. The third-order valence-electron chi connectivity index (χ3n) is 2.38. The maximum absolute atomic E-state index is 5.27. The first-order chi connectivity index (χ1) is 8.20. The van der Waals surface area contributed by atoms with Gasteiger partial charge in [-0.25, -0.2) is 4.98 Å². The number of hydrogen-bond acceptors (Lipinski definition) is 5. The lowest BCUT2D eigenvalue weighted by Crippen LogP contribution is -2.10. The molecule has 1 N–H and O–H groups in total. The van der Waals surface area contributed by atoms with Crippen LogP contribution in [0.2, 0.25) is 0 Å². The molecule has 0 bridgehead atoms. The smallest absolute Gasteiger partial charge is 0.162 e.